The maximum absolute atomic E-state index is 11.8. The number of nitrogen functional groups attached to an aromatic ring is 1. The van der Waals surface area contributed by atoms with E-state index in [1.165, 1.54) is 11.0 Å². The van der Waals surface area contributed by atoms with Gasteiger partial charge < -0.3 is 20.5 Å². The molecule has 1 aromatic heterocycles. The van der Waals surface area contributed by atoms with Gasteiger partial charge in [0.15, 0.2) is 0 Å². The Balaban J connectivity index is 1.97. The zero-order valence-corrected chi connectivity index (χ0v) is 11.9. The molecular formula is C13H17N5O3. The van der Waals surface area contributed by atoms with Gasteiger partial charge >= 0.3 is 0 Å². The van der Waals surface area contributed by atoms with E-state index in [0.29, 0.717) is 18.0 Å². The van der Waals surface area contributed by atoms with Gasteiger partial charge in [0.25, 0.3) is 0 Å². The van der Waals surface area contributed by atoms with Crippen LogP contribution in [0.3, 0.4) is 0 Å². The molecule has 3 N–H and O–H groups in total. The third kappa shape index (κ3) is 3.85. The van der Waals surface area contributed by atoms with Crippen LogP contribution >= 0.6 is 0 Å². The van der Waals surface area contributed by atoms with Gasteiger partial charge in [-0.2, -0.15) is 0 Å². The summed E-state index contributed by atoms with van der Waals surface area (Å²) in [6.07, 6.45) is 1.40. The first kappa shape index (κ1) is 14.6. The van der Waals surface area contributed by atoms with Gasteiger partial charge in [-0.25, -0.2) is 9.67 Å². The van der Waals surface area contributed by atoms with Crippen molar-refractivity contribution >= 4 is 11.9 Å². The summed E-state index contributed by atoms with van der Waals surface area (Å²) in [6.45, 7) is 0.375. The summed E-state index contributed by atoms with van der Waals surface area (Å²) in [4.78, 5) is 15.6. The molecule has 0 aliphatic rings. The molecule has 0 radical (unpaired) electrons. The molecule has 0 atom stereocenters. The van der Waals surface area contributed by atoms with Gasteiger partial charge in [-0.15, -0.1) is 5.10 Å². The lowest BCUT2D eigenvalue weighted by Crippen LogP contribution is -2.27. The number of amides is 1. The normalized spacial score (nSPS) is 10.2. The van der Waals surface area contributed by atoms with E-state index < -0.39 is 0 Å². The van der Waals surface area contributed by atoms with Crippen LogP contribution in [0.15, 0.2) is 24.5 Å². The number of hydrogen-bond acceptors (Lipinski definition) is 6. The zero-order valence-electron chi connectivity index (χ0n) is 11.9. The summed E-state index contributed by atoms with van der Waals surface area (Å²) < 4.78 is 11.8. The van der Waals surface area contributed by atoms with Crippen molar-refractivity contribution in [3.05, 3.63) is 30.1 Å². The molecule has 2 aromatic rings. The minimum absolute atomic E-state index is 0.0521. The van der Waals surface area contributed by atoms with Gasteiger partial charge in [-0.3, -0.25) is 4.79 Å². The molecule has 0 aliphatic carbocycles. The average molecular weight is 291 g/mol. The maximum atomic E-state index is 11.8. The van der Waals surface area contributed by atoms with Crippen molar-refractivity contribution in [3.8, 4) is 11.5 Å². The molecule has 0 saturated carbocycles. The number of rotatable bonds is 6. The van der Waals surface area contributed by atoms with E-state index in [-0.39, 0.29) is 18.4 Å². The number of nitrogens with zero attached hydrogens (tertiary/aromatic N) is 3. The van der Waals surface area contributed by atoms with Crippen LogP contribution in [0.2, 0.25) is 0 Å². The lowest BCUT2D eigenvalue weighted by molar-refractivity contribution is -0.122. The van der Waals surface area contributed by atoms with Crippen molar-refractivity contribution in [1.29, 1.82) is 0 Å². The van der Waals surface area contributed by atoms with Crippen molar-refractivity contribution in [3.63, 3.8) is 0 Å². The van der Waals surface area contributed by atoms with Crippen molar-refractivity contribution in [2.45, 2.75) is 13.1 Å². The number of nitrogens with two attached hydrogens (primary N) is 1. The Morgan fingerprint density at radius 2 is 2.19 bits per heavy atom. The van der Waals surface area contributed by atoms with Gasteiger partial charge in [0.1, 0.15) is 24.4 Å². The molecule has 1 aromatic carbocycles. The smallest absolute Gasteiger partial charge is 0.242 e. The predicted molar refractivity (Wildman–Crippen MR) is 75.8 cm³/mol. The number of nitrogens with one attached hydrogen (secondary N) is 1. The molecule has 0 saturated heterocycles. The van der Waals surface area contributed by atoms with E-state index >= 15 is 0 Å². The SMILES string of the molecule is COc1ccc(OC)c(CNC(=O)Cn2cnc(N)n2)c1. The zero-order chi connectivity index (χ0) is 15.2. The Bertz CT molecular complexity index is 626. The van der Waals surface area contributed by atoms with Crippen molar-refractivity contribution in [1.82, 2.24) is 20.1 Å². The molecule has 0 spiro atoms. The second-order valence-corrected chi connectivity index (χ2v) is 4.25. The fourth-order valence-corrected chi connectivity index (χ4v) is 1.80. The Morgan fingerprint density at radius 3 is 2.81 bits per heavy atom. The Labute approximate surface area is 121 Å². The third-order valence-electron chi connectivity index (χ3n) is 2.82. The van der Waals surface area contributed by atoms with Crippen LogP contribution in [0.5, 0.6) is 11.5 Å². The summed E-state index contributed by atoms with van der Waals surface area (Å²) in [7, 11) is 3.16. The first-order chi connectivity index (χ1) is 10.1. The third-order valence-corrected chi connectivity index (χ3v) is 2.82. The second-order valence-electron chi connectivity index (χ2n) is 4.25. The van der Waals surface area contributed by atoms with Crippen molar-refractivity contribution in [2.75, 3.05) is 20.0 Å². The minimum Gasteiger partial charge on any atom is -0.497 e. The number of anilines is 1. The highest BCUT2D eigenvalue weighted by molar-refractivity contribution is 5.75. The predicted octanol–water partition coefficient (Wildman–Crippen LogP) is 0.194. The fraction of sp³-hybridized carbons (Fsp3) is 0.308. The van der Waals surface area contributed by atoms with Crippen molar-refractivity contribution in [2.24, 2.45) is 0 Å². The Kier molecular flexibility index (Phi) is 4.60. The summed E-state index contributed by atoms with van der Waals surface area (Å²) in [6, 6.07) is 5.40. The Morgan fingerprint density at radius 1 is 1.38 bits per heavy atom. The van der Waals surface area contributed by atoms with E-state index in [4.69, 9.17) is 15.2 Å². The summed E-state index contributed by atoms with van der Waals surface area (Å²) in [5, 5.41) is 6.62. The molecule has 21 heavy (non-hydrogen) atoms. The van der Waals surface area contributed by atoms with E-state index in [1.807, 2.05) is 6.07 Å². The number of aromatic nitrogens is 3. The maximum Gasteiger partial charge on any atom is 0.242 e. The van der Waals surface area contributed by atoms with Gasteiger partial charge in [0.2, 0.25) is 11.9 Å². The molecular weight excluding hydrogens is 274 g/mol. The van der Waals surface area contributed by atoms with Gasteiger partial charge in [0.05, 0.1) is 14.2 Å². The van der Waals surface area contributed by atoms with Gasteiger partial charge in [-0.05, 0) is 18.2 Å². The minimum atomic E-state index is -0.204. The molecule has 1 heterocycles. The number of carbonyl (C=O) groups is 1. The van der Waals surface area contributed by atoms with Crippen LogP contribution in [-0.2, 0) is 17.9 Å². The quantitative estimate of drug-likeness (QED) is 0.787. The first-order valence-electron chi connectivity index (χ1n) is 6.25. The molecule has 0 unspecified atom stereocenters. The number of carbonyl (C=O) groups excluding carboxylic acids is 1. The largest absolute Gasteiger partial charge is 0.497 e. The van der Waals surface area contributed by atoms with Gasteiger partial charge in [-0.1, -0.05) is 0 Å². The topological polar surface area (TPSA) is 104 Å². The van der Waals surface area contributed by atoms with E-state index in [9.17, 15) is 4.79 Å². The number of hydrogen-bond donors (Lipinski definition) is 2. The van der Waals surface area contributed by atoms with Crippen LogP contribution in [0.1, 0.15) is 5.56 Å². The molecule has 1 amide bonds. The summed E-state index contributed by atoms with van der Waals surface area (Å²) in [5.41, 5.74) is 6.21. The molecule has 8 heteroatoms. The Hall–Kier alpha value is -2.77. The van der Waals surface area contributed by atoms with E-state index in [0.717, 1.165) is 5.56 Å². The average Bonchev–Trinajstić information content (AvgIpc) is 2.89. The van der Waals surface area contributed by atoms with Gasteiger partial charge in [0, 0.05) is 12.1 Å². The van der Waals surface area contributed by atoms with Crippen LogP contribution < -0.4 is 20.5 Å². The second kappa shape index (κ2) is 6.60. The lowest BCUT2D eigenvalue weighted by Gasteiger charge is -2.11. The monoisotopic (exact) mass is 291 g/mol. The van der Waals surface area contributed by atoms with Crippen LogP contribution in [0, 0.1) is 0 Å². The summed E-state index contributed by atoms with van der Waals surface area (Å²) in [5.74, 6) is 1.31. The first-order valence-corrected chi connectivity index (χ1v) is 6.25. The number of ether oxygens (including phenoxy) is 2. The molecule has 8 nitrogen and oxygen atoms in total. The fourth-order valence-electron chi connectivity index (χ4n) is 1.80. The highest BCUT2D eigenvalue weighted by atomic mass is 16.5. The highest BCUT2D eigenvalue weighted by Crippen LogP contribution is 2.23. The molecule has 0 aliphatic heterocycles. The number of benzene rings is 1. The summed E-state index contributed by atoms with van der Waals surface area (Å²) >= 11 is 0. The van der Waals surface area contributed by atoms with Crippen LogP contribution in [0.4, 0.5) is 5.95 Å². The standard InChI is InChI=1S/C13H17N5O3/c1-20-10-3-4-11(21-2)9(5-10)6-15-12(19)7-18-8-16-13(14)17-18/h3-5,8H,6-7H2,1-2H3,(H2,14,17)(H,15,19). The molecule has 0 bridgehead atoms. The van der Waals surface area contributed by atoms with E-state index in [2.05, 4.69) is 15.4 Å². The van der Waals surface area contributed by atoms with E-state index in [1.54, 1.807) is 26.4 Å². The molecule has 112 valence electrons. The number of methoxy groups -OCH3 is 2. The molecule has 0 fully saturated rings. The van der Waals surface area contributed by atoms with Crippen LogP contribution in [-0.4, -0.2) is 34.9 Å². The van der Waals surface area contributed by atoms with Crippen molar-refractivity contribution < 1.29 is 14.3 Å². The molecule has 2 rings (SSSR count). The lowest BCUT2D eigenvalue weighted by atomic mass is 10.2. The van der Waals surface area contributed by atoms with Crippen LogP contribution in [0.25, 0.3) is 0 Å². The highest BCUT2D eigenvalue weighted by Gasteiger charge is 2.08.